The van der Waals surface area contributed by atoms with Crippen LogP contribution in [0.25, 0.3) is 0 Å². The van der Waals surface area contributed by atoms with Gasteiger partial charge < -0.3 is 10.4 Å². The van der Waals surface area contributed by atoms with E-state index in [1.807, 2.05) is 0 Å². The molecule has 0 fully saturated rings. The summed E-state index contributed by atoms with van der Waals surface area (Å²) in [6, 6.07) is 6.60. The third-order valence-corrected chi connectivity index (χ3v) is 3.51. The molecule has 0 saturated carbocycles. The van der Waals surface area contributed by atoms with Crippen molar-refractivity contribution in [2.45, 2.75) is 6.42 Å². The van der Waals surface area contributed by atoms with Crippen molar-refractivity contribution in [3.63, 3.8) is 0 Å². The summed E-state index contributed by atoms with van der Waals surface area (Å²) in [6.45, 7) is 0. The van der Waals surface area contributed by atoms with E-state index in [0.29, 0.717) is 20.9 Å². The molecule has 2 rings (SSSR count). The van der Waals surface area contributed by atoms with Crippen LogP contribution < -0.4 is 10.7 Å². The Morgan fingerprint density at radius 1 is 1.40 bits per heavy atom. The number of benzene rings is 1. The van der Waals surface area contributed by atoms with Crippen molar-refractivity contribution < 1.29 is 14.7 Å². The van der Waals surface area contributed by atoms with Crippen molar-refractivity contribution in [3.05, 3.63) is 45.2 Å². The molecule has 1 heterocycles. The van der Waals surface area contributed by atoms with Crippen molar-refractivity contribution in [1.82, 2.24) is 10.7 Å². The van der Waals surface area contributed by atoms with Crippen LogP contribution in [-0.2, 0) is 4.79 Å². The highest BCUT2D eigenvalue weighted by Gasteiger charge is 2.21. The van der Waals surface area contributed by atoms with Crippen LogP contribution in [-0.4, -0.2) is 22.7 Å². The summed E-state index contributed by atoms with van der Waals surface area (Å²) in [5.41, 5.74) is 2.75. The second-order valence-electron chi connectivity index (χ2n) is 3.87. The number of carbonyl (C=O) groups is 2. The monoisotopic (exact) mass is 357 g/mol. The molecule has 1 aromatic carbocycles. The van der Waals surface area contributed by atoms with E-state index < -0.39 is 11.9 Å². The fraction of sp³-hybridized carbons (Fsp3) is 0.0833. The number of nitrogens with one attached hydrogen (secondary N) is 2. The number of carbonyl (C=O) groups excluding carboxylic acids is 1. The minimum Gasteiger partial charge on any atom is -0.477 e. The van der Waals surface area contributed by atoms with Crippen molar-refractivity contribution in [2.75, 3.05) is 0 Å². The molecule has 20 heavy (non-hydrogen) atoms. The van der Waals surface area contributed by atoms with E-state index in [1.165, 1.54) is 0 Å². The molecule has 1 aliphatic rings. The number of carboxylic acids is 1. The standard InChI is InChI=1S/C12H9BrClN3O3/c13-7-5-9(12(19)20)16-17-10(7)15-11(18)6-3-1-2-4-8(6)14/h1-4,17H,5H2,(H,15,18)(H,19,20). The van der Waals surface area contributed by atoms with Crippen LogP contribution in [0.1, 0.15) is 16.8 Å². The van der Waals surface area contributed by atoms with Crippen LogP contribution in [0, 0.1) is 0 Å². The van der Waals surface area contributed by atoms with Crippen LogP contribution in [0.2, 0.25) is 5.02 Å². The van der Waals surface area contributed by atoms with E-state index in [-0.39, 0.29) is 12.1 Å². The lowest BCUT2D eigenvalue weighted by molar-refractivity contribution is -0.129. The summed E-state index contributed by atoms with van der Waals surface area (Å²) in [5, 5.41) is 15.4. The maximum Gasteiger partial charge on any atom is 0.352 e. The maximum absolute atomic E-state index is 12.0. The van der Waals surface area contributed by atoms with Gasteiger partial charge in [0, 0.05) is 10.9 Å². The van der Waals surface area contributed by atoms with Crippen LogP contribution in [0.5, 0.6) is 0 Å². The van der Waals surface area contributed by atoms with E-state index in [0.717, 1.165) is 0 Å². The third-order valence-electron chi connectivity index (χ3n) is 2.50. The second kappa shape index (κ2) is 6.06. The highest BCUT2D eigenvalue weighted by atomic mass is 79.9. The van der Waals surface area contributed by atoms with E-state index in [1.54, 1.807) is 24.3 Å². The fourth-order valence-corrected chi connectivity index (χ4v) is 2.18. The summed E-state index contributed by atoms with van der Waals surface area (Å²) in [6.07, 6.45) is 0.0838. The predicted octanol–water partition coefficient (Wildman–Crippen LogP) is 2.07. The first-order valence-corrected chi connectivity index (χ1v) is 6.66. The van der Waals surface area contributed by atoms with Gasteiger partial charge in [0.05, 0.1) is 10.6 Å². The van der Waals surface area contributed by atoms with Gasteiger partial charge in [0.1, 0.15) is 5.82 Å². The van der Waals surface area contributed by atoms with Gasteiger partial charge in [-0.2, -0.15) is 5.10 Å². The highest BCUT2D eigenvalue weighted by Crippen LogP contribution is 2.19. The number of halogens is 2. The minimum atomic E-state index is -1.12. The van der Waals surface area contributed by atoms with Crippen LogP contribution in [0.4, 0.5) is 0 Å². The fourth-order valence-electron chi connectivity index (χ4n) is 1.50. The summed E-state index contributed by atoms with van der Waals surface area (Å²) < 4.78 is 0.491. The Morgan fingerprint density at radius 3 is 2.70 bits per heavy atom. The first kappa shape index (κ1) is 14.5. The first-order valence-electron chi connectivity index (χ1n) is 5.49. The van der Waals surface area contributed by atoms with Gasteiger partial charge in [-0.15, -0.1) is 0 Å². The molecular weight excluding hydrogens is 350 g/mol. The van der Waals surface area contributed by atoms with Crippen molar-refractivity contribution >= 4 is 45.1 Å². The second-order valence-corrected chi connectivity index (χ2v) is 5.23. The number of rotatable bonds is 3. The summed E-state index contributed by atoms with van der Waals surface area (Å²) in [5.74, 6) is -1.24. The number of hydrazone groups is 1. The molecule has 8 heteroatoms. The van der Waals surface area contributed by atoms with Crippen molar-refractivity contribution in [1.29, 1.82) is 0 Å². The Bertz CT molecular complexity index is 643. The minimum absolute atomic E-state index is 0.0485. The highest BCUT2D eigenvalue weighted by molar-refractivity contribution is 9.11. The molecule has 0 radical (unpaired) electrons. The Hall–Kier alpha value is -1.86. The first-order chi connectivity index (χ1) is 9.49. The topological polar surface area (TPSA) is 90.8 Å². The quantitative estimate of drug-likeness (QED) is 0.771. The molecule has 6 nitrogen and oxygen atoms in total. The van der Waals surface area contributed by atoms with Gasteiger partial charge in [-0.3, -0.25) is 10.2 Å². The largest absolute Gasteiger partial charge is 0.477 e. The third kappa shape index (κ3) is 3.17. The van der Waals surface area contributed by atoms with Gasteiger partial charge in [0.2, 0.25) is 0 Å². The van der Waals surface area contributed by atoms with Gasteiger partial charge in [0.15, 0.2) is 5.71 Å². The lowest BCUT2D eigenvalue weighted by Gasteiger charge is -2.17. The molecular formula is C12H9BrClN3O3. The van der Waals surface area contributed by atoms with Crippen LogP contribution in [0.15, 0.2) is 39.7 Å². The number of hydrogen-bond acceptors (Lipinski definition) is 4. The molecule has 104 valence electrons. The van der Waals surface area contributed by atoms with E-state index >= 15 is 0 Å². The Morgan fingerprint density at radius 2 is 2.10 bits per heavy atom. The number of carboxylic acid groups (broad SMARTS) is 1. The average molecular weight is 359 g/mol. The molecule has 3 N–H and O–H groups in total. The Labute approximate surface area is 127 Å². The molecule has 0 aromatic heterocycles. The van der Waals surface area contributed by atoms with Gasteiger partial charge >= 0.3 is 5.97 Å². The zero-order valence-corrected chi connectivity index (χ0v) is 12.3. The Kier molecular flexibility index (Phi) is 4.41. The molecule has 1 aliphatic heterocycles. The SMILES string of the molecule is O=C(O)C1=NNC(NC(=O)c2ccccc2Cl)=C(Br)C1. The van der Waals surface area contributed by atoms with Gasteiger partial charge in [0.25, 0.3) is 5.91 Å². The summed E-state index contributed by atoms with van der Waals surface area (Å²) in [7, 11) is 0. The number of allylic oxidation sites excluding steroid dienone is 1. The molecule has 0 atom stereocenters. The summed E-state index contributed by atoms with van der Waals surface area (Å²) >= 11 is 9.13. The van der Waals surface area contributed by atoms with E-state index in [4.69, 9.17) is 16.7 Å². The van der Waals surface area contributed by atoms with Gasteiger partial charge in [-0.05, 0) is 12.1 Å². The number of nitrogens with zero attached hydrogens (tertiary/aromatic N) is 1. The van der Waals surface area contributed by atoms with Gasteiger partial charge in [-0.25, -0.2) is 4.79 Å². The predicted molar refractivity (Wildman–Crippen MR) is 77.7 cm³/mol. The summed E-state index contributed by atoms with van der Waals surface area (Å²) in [4.78, 5) is 22.8. The number of hydrogen-bond donors (Lipinski definition) is 3. The van der Waals surface area contributed by atoms with E-state index in [9.17, 15) is 9.59 Å². The average Bonchev–Trinajstić information content (AvgIpc) is 2.41. The zero-order chi connectivity index (χ0) is 14.7. The molecule has 0 saturated heterocycles. The normalized spacial score (nSPS) is 14.4. The van der Waals surface area contributed by atoms with E-state index in [2.05, 4.69) is 31.8 Å². The van der Waals surface area contributed by atoms with Crippen LogP contribution >= 0.6 is 27.5 Å². The van der Waals surface area contributed by atoms with Gasteiger partial charge in [-0.1, -0.05) is 39.7 Å². The smallest absolute Gasteiger partial charge is 0.352 e. The van der Waals surface area contributed by atoms with Crippen molar-refractivity contribution in [3.8, 4) is 0 Å². The zero-order valence-electron chi connectivity index (χ0n) is 9.98. The molecule has 1 amide bonds. The lowest BCUT2D eigenvalue weighted by Crippen LogP contribution is -2.34. The molecule has 0 spiro atoms. The number of aliphatic carboxylic acids is 1. The molecule has 1 aromatic rings. The van der Waals surface area contributed by atoms with Crippen LogP contribution in [0.3, 0.4) is 0 Å². The molecule has 0 aliphatic carbocycles. The molecule has 0 bridgehead atoms. The van der Waals surface area contributed by atoms with Crippen molar-refractivity contribution in [2.24, 2.45) is 5.10 Å². The molecule has 0 unspecified atom stereocenters. The Balaban J connectivity index is 2.12. The maximum atomic E-state index is 12.0. The number of amides is 1. The lowest BCUT2D eigenvalue weighted by atomic mass is 10.2.